The van der Waals surface area contributed by atoms with Crippen LogP contribution in [-0.4, -0.2) is 35.7 Å². The minimum absolute atomic E-state index is 0.243. The highest BCUT2D eigenvalue weighted by Gasteiger charge is 2.34. The van der Waals surface area contributed by atoms with Crippen molar-refractivity contribution in [1.29, 1.82) is 0 Å². The van der Waals surface area contributed by atoms with Gasteiger partial charge < -0.3 is 4.90 Å². The number of hydrogen-bond acceptors (Lipinski definition) is 3. The standard InChI is InChI=1S/C27H22ClFN2O3/c28-20-10-14-22(15-11-20)30(25(32)16-9-19-7-12-21(29)13-8-19)17-3-4-18-31-26(33)23-5-1-2-6-24(23)27(31)34/h1-2,5-16H,3-4,17-18H2/b16-9-. The average Bonchev–Trinajstić information content (AvgIpc) is 3.09. The van der Waals surface area contributed by atoms with Crippen molar-refractivity contribution in [1.82, 2.24) is 4.90 Å². The van der Waals surface area contributed by atoms with E-state index in [0.717, 1.165) is 0 Å². The molecule has 0 fully saturated rings. The largest absolute Gasteiger partial charge is 0.309 e. The zero-order valence-electron chi connectivity index (χ0n) is 18.3. The van der Waals surface area contributed by atoms with Gasteiger partial charge in [0.15, 0.2) is 0 Å². The summed E-state index contributed by atoms with van der Waals surface area (Å²) >= 11 is 6.00. The molecule has 0 unspecified atom stereocenters. The lowest BCUT2D eigenvalue weighted by atomic mass is 10.1. The van der Waals surface area contributed by atoms with E-state index in [1.54, 1.807) is 71.6 Å². The Morgan fingerprint density at radius 2 is 1.50 bits per heavy atom. The summed E-state index contributed by atoms with van der Waals surface area (Å²) in [6, 6.07) is 19.6. The Balaban J connectivity index is 1.40. The second-order valence-electron chi connectivity index (χ2n) is 7.87. The second kappa shape index (κ2) is 10.4. The van der Waals surface area contributed by atoms with E-state index in [1.807, 2.05) is 0 Å². The molecule has 0 saturated carbocycles. The lowest BCUT2D eigenvalue weighted by Crippen LogP contribution is -2.33. The molecule has 4 rings (SSSR count). The lowest BCUT2D eigenvalue weighted by Gasteiger charge is -2.22. The average molecular weight is 477 g/mol. The van der Waals surface area contributed by atoms with Crippen molar-refractivity contribution < 1.29 is 18.8 Å². The van der Waals surface area contributed by atoms with Crippen molar-refractivity contribution in [2.75, 3.05) is 18.0 Å². The fourth-order valence-corrected chi connectivity index (χ4v) is 3.93. The van der Waals surface area contributed by atoms with E-state index >= 15 is 0 Å². The molecule has 5 nitrogen and oxygen atoms in total. The summed E-state index contributed by atoms with van der Waals surface area (Å²) in [6.07, 6.45) is 4.19. The molecule has 1 aliphatic rings. The van der Waals surface area contributed by atoms with Crippen molar-refractivity contribution in [3.8, 4) is 0 Å². The van der Waals surface area contributed by atoms with E-state index in [9.17, 15) is 18.8 Å². The number of benzene rings is 3. The molecule has 3 amide bonds. The number of rotatable bonds is 8. The minimum Gasteiger partial charge on any atom is -0.309 e. The first-order valence-corrected chi connectivity index (χ1v) is 11.3. The molecule has 0 atom stereocenters. The molecule has 7 heteroatoms. The fourth-order valence-electron chi connectivity index (χ4n) is 3.80. The smallest absolute Gasteiger partial charge is 0.261 e. The molecule has 0 bridgehead atoms. The van der Waals surface area contributed by atoms with E-state index in [4.69, 9.17) is 11.6 Å². The van der Waals surface area contributed by atoms with E-state index in [1.165, 1.54) is 23.1 Å². The maximum Gasteiger partial charge on any atom is 0.261 e. The molecular formula is C27H22ClFN2O3. The van der Waals surface area contributed by atoms with Crippen LogP contribution >= 0.6 is 11.6 Å². The SMILES string of the molecule is O=C1c2ccccc2C(=O)N1CCCCN(C(=O)/C=C\c1ccc(F)cc1)c1ccc(Cl)cc1. The predicted molar refractivity (Wildman–Crippen MR) is 130 cm³/mol. The van der Waals surface area contributed by atoms with Crippen molar-refractivity contribution in [2.24, 2.45) is 0 Å². The van der Waals surface area contributed by atoms with Gasteiger partial charge in [-0.3, -0.25) is 19.3 Å². The number of fused-ring (bicyclic) bond motifs is 1. The van der Waals surface area contributed by atoms with Crippen LogP contribution in [0.3, 0.4) is 0 Å². The molecule has 0 radical (unpaired) electrons. The highest BCUT2D eigenvalue weighted by Crippen LogP contribution is 2.23. The number of hydrogen-bond donors (Lipinski definition) is 0. The number of amides is 3. The molecule has 0 saturated heterocycles. The van der Waals surface area contributed by atoms with Crippen LogP contribution < -0.4 is 4.90 Å². The topological polar surface area (TPSA) is 57.7 Å². The van der Waals surface area contributed by atoms with Gasteiger partial charge in [-0.05, 0) is 73.0 Å². The molecule has 3 aromatic rings. The fraction of sp³-hybridized carbons (Fsp3) is 0.148. The van der Waals surface area contributed by atoms with Gasteiger partial charge in [-0.2, -0.15) is 0 Å². The third kappa shape index (κ3) is 5.24. The Morgan fingerprint density at radius 1 is 0.882 bits per heavy atom. The molecule has 0 spiro atoms. The van der Waals surface area contributed by atoms with Crippen LogP contribution in [-0.2, 0) is 4.79 Å². The number of unbranched alkanes of at least 4 members (excludes halogenated alkanes) is 1. The molecule has 0 aliphatic carbocycles. The summed E-state index contributed by atoms with van der Waals surface area (Å²) in [5.41, 5.74) is 2.24. The molecule has 0 aromatic heterocycles. The van der Waals surface area contributed by atoms with E-state index in [-0.39, 0.29) is 30.1 Å². The van der Waals surface area contributed by atoms with Crippen molar-refractivity contribution in [2.45, 2.75) is 12.8 Å². The predicted octanol–water partition coefficient (Wildman–Crippen LogP) is 5.60. The highest BCUT2D eigenvalue weighted by molar-refractivity contribution is 6.30. The van der Waals surface area contributed by atoms with Crippen LogP contribution in [0.15, 0.2) is 78.9 Å². The molecule has 172 valence electrons. The highest BCUT2D eigenvalue weighted by atomic mass is 35.5. The number of anilines is 1. The molecule has 3 aromatic carbocycles. The molecule has 0 N–H and O–H groups in total. The van der Waals surface area contributed by atoms with Crippen LogP contribution in [0.1, 0.15) is 39.1 Å². The summed E-state index contributed by atoms with van der Waals surface area (Å²) in [6.45, 7) is 0.664. The number of nitrogens with zero attached hydrogens (tertiary/aromatic N) is 2. The van der Waals surface area contributed by atoms with Crippen LogP contribution in [0.25, 0.3) is 6.08 Å². The van der Waals surface area contributed by atoms with E-state index in [0.29, 0.717) is 46.8 Å². The maximum atomic E-state index is 13.1. The first-order valence-electron chi connectivity index (χ1n) is 10.9. The lowest BCUT2D eigenvalue weighted by molar-refractivity contribution is -0.114. The van der Waals surface area contributed by atoms with Gasteiger partial charge >= 0.3 is 0 Å². The second-order valence-corrected chi connectivity index (χ2v) is 8.30. The van der Waals surface area contributed by atoms with Gasteiger partial charge in [-0.25, -0.2) is 4.39 Å². The Morgan fingerprint density at radius 3 is 2.12 bits per heavy atom. The minimum atomic E-state index is -0.343. The quantitative estimate of drug-likeness (QED) is 0.241. The van der Waals surface area contributed by atoms with Gasteiger partial charge in [0.05, 0.1) is 11.1 Å². The first kappa shape index (κ1) is 23.4. The molecule has 34 heavy (non-hydrogen) atoms. The van der Waals surface area contributed by atoms with Gasteiger partial charge in [-0.1, -0.05) is 35.9 Å². The molecular weight excluding hydrogens is 455 g/mol. The van der Waals surface area contributed by atoms with Gasteiger partial charge in [-0.15, -0.1) is 0 Å². The zero-order valence-corrected chi connectivity index (χ0v) is 19.0. The van der Waals surface area contributed by atoms with Crippen molar-refractivity contribution in [3.05, 3.63) is 106 Å². The third-order valence-corrected chi connectivity index (χ3v) is 5.84. The Bertz CT molecular complexity index is 1200. The van der Waals surface area contributed by atoms with Gasteiger partial charge in [0.2, 0.25) is 0 Å². The third-order valence-electron chi connectivity index (χ3n) is 5.58. The Labute approximate surface area is 202 Å². The summed E-state index contributed by atoms with van der Waals surface area (Å²) in [5, 5.41) is 0.559. The normalized spacial score (nSPS) is 12.9. The van der Waals surface area contributed by atoms with E-state index < -0.39 is 0 Å². The maximum absolute atomic E-state index is 13.1. The molecule has 1 heterocycles. The number of imide groups is 1. The number of halogens is 2. The number of carbonyl (C=O) groups is 3. The van der Waals surface area contributed by atoms with Crippen LogP contribution in [0.4, 0.5) is 10.1 Å². The van der Waals surface area contributed by atoms with Crippen LogP contribution in [0.2, 0.25) is 5.02 Å². The number of carbonyl (C=O) groups excluding carboxylic acids is 3. The summed E-state index contributed by atoms with van der Waals surface area (Å²) in [7, 11) is 0. The van der Waals surface area contributed by atoms with Gasteiger partial charge in [0.1, 0.15) is 5.82 Å². The molecule has 1 aliphatic heterocycles. The van der Waals surface area contributed by atoms with E-state index in [2.05, 4.69) is 0 Å². The Hall–Kier alpha value is -3.77. The van der Waals surface area contributed by atoms with Crippen LogP contribution in [0.5, 0.6) is 0 Å². The first-order chi connectivity index (χ1) is 16.4. The van der Waals surface area contributed by atoms with Gasteiger partial charge in [0.25, 0.3) is 17.7 Å². The van der Waals surface area contributed by atoms with Gasteiger partial charge in [0, 0.05) is 29.9 Å². The van der Waals surface area contributed by atoms with Crippen LogP contribution in [0, 0.1) is 5.82 Å². The van der Waals surface area contributed by atoms with Crippen molar-refractivity contribution in [3.63, 3.8) is 0 Å². The summed E-state index contributed by atoms with van der Waals surface area (Å²) < 4.78 is 13.1. The monoisotopic (exact) mass is 476 g/mol. The zero-order chi connectivity index (χ0) is 24.1. The Kier molecular flexibility index (Phi) is 7.18. The van der Waals surface area contributed by atoms with Crippen molar-refractivity contribution >= 4 is 41.1 Å². The summed E-state index contributed by atoms with van der Waals surface area (Å²) in [5.74, 6) is -1.15. The summed E-state index contributed by atoms with van der Waals surface area (Å²) in [4.78, 5) is 40.9.